The Hall–Kier alpha value is -4.74. The summed E-state index contributed by atoms with van der Waals surface area (Å²) in [5, 5.41) is 3.57. The maximum Gasteiger partial charge on any atom is 0.407 e. The first kappa shape index (κ1) is 31.3. The van der Waals surface area contributed by atoms with E-state index in [9.17, 15) is 14.4 Å². The molecule has 0 radical (unpaired) electrons. The maximum absolute atomic E-state index is 14.1. The van der Waals surface area contributed by atoms with Crippen molar-refractivity contribution in [1.82, 2.24) is 15.2 Å². The summed E-state index contributed by atoms with van der Waals surface area (Å²) in [6.45, 7) is 9.78. The molecule has 12 nitrogen and oxygen atoms in total. The van der Waals surface area contributed by atoms with E-state index < -0.39 is 47.0 Å². The third kappa shape index (κ3) is 6.20. The molecule has 3 aliphatic rings. The summed E-state index contributed by atoms with van der Waals surface area (Å²) in [4.78, 5) is 46.5. The van der Waals surface area contributed by atoms with Gasteiger partial charge in [-0.1, -0.05) is 46.8 Å². The van der Waals surface area contributed by atoms with Gasteiger partial charge in [-0.05, 0) is 41.3 Å². The molecule has 0 spiro atoms. The zero-order chi connectivity index (χ0) is 32.8. The first-order chi connectivity index (χ1) is 21.8. The number of hydrogen-bond acceptors (Lipinski definition) is 10. The van der Waals surface area contributed by atoms with Crippen LogP contribution in [0.15, 0.2) is 42.5 Å². The highest BCUT2D eigenvalue weighted by Crippen LogP contribution is 2.43. The standard InChI is InChI=1S/C34H39N3O9/c1-33(2,3)28-30(38)37-15-22(14-24(37)31(39)41-6)46-29-23(13-20-10-11-25-27(26(20)35-29)45-18-44-25)19-8-7-9-21(12-19)42-16-34(4,5)17-43-32(40)36-28/h7-13,22,24,28H,14-18H2,1-6H3,(H,36,40)/t22-,24+,28-/m1/s1. The second kappa shape index (κ2) is 11.9. The van der Waals surface area contributed by atoms with Crippen LogP contribution in [-0.2, 0) is 19.1 Å². The van der Waals surface area contributed by atoms with E-state index in [1.807, 2.05) is 77.1 Å². The number of cyclic esters (lactones) is 1. The molecule has 2 aromatic carbocycles. The predicted octanol–water partition coefficient (Wildman–Crippen LogP) is 4.71. The van der Waals surface area contributed by atoms with Crippen molar-refractivity contribution in [2.45, 2.75) is 59.2 Å². The van der Waals surface area contributed by atoms with Crippen LogP contribution in [0.5, 0.6) is 23.1 Å². The summed E-state index contributed by atoms with van der Waals surface area (Å²) in [6.07, 6.45) is -1.21. The van der Waals surface area contributed by atoms with Crippen molar-refractivity contribution >= 4 is 28.9 Å². The lowest BCUT2D eigenvalue weighted by molar-refractivity contribution is -0.152. The Bertz CT molecular complexity index is 1680. The Morgan fingerprint density at radius 2 is 1.83 bits per heavy atom. The minimum absolute atomic E-state index is 0.0445. The Balaban J connectivity index is 1.47. The van der Waals surface area contributed by atoms with Crippen molar-refractivity contribution in [3.63, 3.8) is 0 Å². The predicted molar refractivity (Wildman–Crippen MR) is 167 cm³/mol. The van der Waals surface area contributed by atoms with Gasteiger partial charge in [-0.25, -0.2) is 14.6 Å². The molecule has 1 N–H and O–H groups in total. The van der Waals surface area contributed by atoms with Gasteiger partial charge < -0.3 is 38.6 Å². The largest absolute Gasteiger partial charge is 0.493 e. The molecular formula is C34H39N3O9. The van der Waals surface area contributed by atoms with Gasteiger partial charge in [0.05, 0.1) is 20.3 Å². The molecule has 2 amide bonds. The number of pyridine rings is 1. The molecule has 0 saturated carbocycles. The quantitative estimate of drug-likeness (QED) is 0.376. The van der Waals surface area contributed by atoms with Gasteiger partial charge in [0.2, 0.25) is 18.6 Å². The normalized spacial score (nSPS) is 22.8. The number of benzene rings is 2. The lowest BCUT2D eigenvalue weighted by atomic mass is 9.85. The monoisotopic (exact) mass is 633 g/mol. The zero-order valence-corrected chi connectivity index (χ0v) is 26.9. The Morgan fingerprint density at radius 3 is 2.59 bits per heavy atom. The Kier molecular flexibility index (Phi) is 8.07. The number of hydrogen-bond donors (Lipinski definition) is 1. The number of aromatic nitrogens is 1. The van der Waals surface area contributed by atoms with E-state index in [2.05, 4.69) is 5.32 Å². The third-order valence-electron chi connectivity index (χ3n) is 8.33. The van der Waals surface area contributed by atoms with Crippen LogP contribution in [0.25, 0.3) is 22.0 Å². The molecule has 12 heteroatoms. The summed E-state index contributed by atoms with van der Waals surface area (Å²) in [5.74, 6) is 0.987. The van der Waals surface area contributed by atoms with Gasteiger partial charge in [0.15, 0.2) is 11.5 Å². The molecule has 1 saturated heterocycles. The van der Waals surface area contributed by atoms with E-state index in [1.54, 1.807) is 0 Å². The number of ether oxygens (including phenoxy) is 6. The molecule has 3 aliphatic heterocycles. The van der Waals surface area contributed by atoms with Crippen LogP contribution in [0.1, 0.15) is 41.0 Å². The van der Waals surface area contributed by atoms with Crippen LogP contribution in [0.4, 0.5) is 4.79 Å². The molecule has 4 bridgehead atoms. The number of nitrogens with zero attached hydrogens (tertiary/aromatic N) is 2. The van der Waals surface area contributed by atoms with Crippen molar-refractivity contribution in [3.8, 4) is 34.3 Å². The highest BCUT2D eigenvalue weighted by Gasteiger charge is 2.46. The second-order valence-corrected chi connectivity index (χ2v) is 13.7. The number of methoxy groups -OCH3 is 1. The fraction of sp³-hybridized carbons (Fsp3) is 0.471. The number of esters is 1. The van der Waals surface area contributed by atoms with E-state index in [-0.39, 0.29) is 33.0 Å². The highest BCUT2D eigenvalue weighted by atomic mass is 16.7. The van der Waals surface area contributed by atoms with Crippen molar-refractivity contribution in [1.29, 1.82) is 0 Å². The first-order valence-electron chi connectivity index (χ1n) is 15.3. The number of carbonyl (C=O) groups excluding carboxylic acids is 3. The zero-order valence-electron chi connectivity index (χ0n) is 26.9. The molecule has 1 aromatic heterocycles. The van der Waals surface area contributed by atoms with Gasteiger partial charge >= 0.3 is 12.1 Å². The topological polar surface area (TPSA) is 135 Å². The van der Waals surface area contributed by atoms with Crippen LogP contribution < -0.4 is 24.3 Å². The average Bonchev–Trinajstić information content (AvgIpc) is 3.68. The molecule has 3 atom stereocenters. The number of carbonyl (C=O) groups is 3. The number of fused-ring (bicyclic) bond motifs is 9. The molecule has 0 aliphatic carbocycles. The summed E-state index contributed by atoms with van der Waals surface area (Å²) in [6, 6.07) is 11.3. The van der Waals surface area contributed by atoms with Crippen LogP contribution in [-0.4, -0.2) is 79.7 Å². The molecule has 1 fully saturated rings. The number of nitrogens with one attached hydrogen (secondary N) is 1. The summed E-state index contributed by atoms with van der Waals surface area (Å²) in [5.41, 5.74) is 0.778. The smallest absolute Gasteiger partial charge is 0.407 e. The SMILES string of the molecule is COC(=O)[C@@H]1C[C@@H]2CN1C(=O)[C@H](C(C)(C)C)NC(=O)OCC(C)(C)COc1cccc(c1)-c1cc3ccc4c(c3nc1O2)OCO4. The van der Waals surface area contributed by atoms with Crippen molar-refractivity contribution < 1.29 is 42.8 Å². The molecule has 46 heavy (non-hydrogen) atoms. The van der Waals surface area contributed by atoms with Gasteiger partial charge in [0.25, 0.3) is 0 Å². The number of amides is 2. The molecular weight excluding hydrogens is 594 g/mol. The van der Waals surface area contributed by atoms with Crippen LogP contribution >= 0.6 is 0 Å². The number of alkyl carbamates (subject to hydrolysis) is 1. The van der Waals surface area contributed by atoms with E-state index in [1.165, 1.54) is 12.0 Å². The van der Waals surface area contributed by atoms with Crippen LogP contribution in [0.2, 0.25) is 0 Å². The minimum Gasteiger partial charge on any atom is -0.493 e. The average molecular weight is 634 g/mol. The van der Waals surface area contributed by atoms with Gasteiger partial charge in [0.1, 0.15) is 36.1 Å². The fourth-order valence-corrected chi connectivity index (χ4v) is 5.83. The lowest BCUT2D eigenvalue weighted by Crippen LogP contribution is -2.57. The van der Waals surface area contributed by atoms with E-state index in [4.69, 9.17) is 33.4 Å². The van der Waals surface area contributed by atoms with Crippen LogP contribution in [0.3, 0.4) is 0 Å². The summed E-state index contributed by atoms with van der Waals surface area (Å²) >= 11 is 0. The van der Waals surface area contributed by atoms with Crippen molar-refractivity contribution in [3.05, 3.63) is 42.5 Å². The second-order valence-electron chi connectivity index (χ2n) is 13.7. The first-order valence-corrected chi connectivity index (χ1v) is 15.3. The highest BCUT2D eigenvalue weighted by molar-refractivity contribution is 5.93. The molecule has 6 rings (SSSR count). The molecule has 244 valence electrons. The van der Waals surface area contributed by atoms with E-state index >= 15 is 0 Å². The van der Waals surface area contributed by atoms with Gasteiger partial charge in [-0.2, -0.15) is 0 Å². The molecule has 0 unspecified atom stereocenters. The third-order valence-corrected chi connectivity index (χ3v) is 8.33. The summed E-state index contributed by atoms with van der Waals surface area (Å²) < 4.78 is 34.8. The van der Waals surface area contributed by atoms with Crippen molar-refractivity contribution in [2.75, 3.05) is 33.7 Å². The molecule has 3 aromatic rings. The van der Waals surface area contributed by atoms with E-state index in [0.717, 1.165) is 10.9 Å². The minimum atomic E-state index is -1.00. The van der Waals surface area contributed by atoms with Gasteiger partial charge in [-0.3, -0.25) is 4.79 Å². The Labute approximate surface area is 267 Å². The molecule has 4 heterocycles. The van der Waals surface area contributed by atoms with Crippen molar-refractivity contribution in [2.24, 2.45) is 10.8 Å². The lowest BCUT2D eigenvalue weighted by Gasteiger charge is -2.35. The maximum atomic E-state index is 14.1. The number of rotatable bonds is 1. The van der Waals surface area contributed by atoms with E-state index in [0.29, 0.717) is 34.2 Å². The summed E-state index contributed by atoms with van der Waals surface area (Å²) in [7, 11) is 1.28. The Morgan fingerprint density at radius 1 is 1.04 bits per heavy atom. The fourth-order valence-electron chi connectivity index (χ4n) is 5.83. The van der Waals surface area contributed by atoms with Gasteiger partial charge in [-0.15, -0.1) is 0 Å². The van der Waals surface area contributed by atoms with Gasteiger partial charge in [0, 0.05) is 22.8 Å². The van der Waals surface area contributed by atoms with Crippen LogP contribution in [0, 0.1) is 10.8 Å².